The topological polar surface area (TPSA) is 75.3 Å². The molecule has 17 heavy (non-hydrogen) atoms. The van der Waals surface area contributed by atoms with E-state index in [-0.39, 0.29) is 30.1 Å². The molecular formula is C12H19ClN2O2. The summed E-state index contributed by atoms with van der Waals surface area (Å²) in [5.41, 5.74) is 7.00. The third-order valence-corrected chi connectivity index (χ3v) is 2.25. The van der Waals surface area contributed by atoms with Gasteiger partial charge in [-0.05, 0) is 38.0 Å². The fourth-order valence-corrected chi connectivity index (χ4v) is 1.32. The van der Waals surface area contributed by atoms with Crippen molar-refractivity contribution < 1.29 is 9.90 Å². The molecule has 0 saturated carbocycles. The minimum Gasteiger partial charge on any atom is -0.506 e. The molecule has 0 fully saturated rings. The van der Waals surface area contributed by atoms with Crippen LogP contribution in [0.15, 0.2) is 18.2 Å². The van der Waals surface area contributed by atoms with Crippen molar-refractivity contribution in [1.29, 1.82) is 0 Å². The number of phenols is 1. The molecule has 1 atom stereocenters. The van der Waals surface area contributed by atoms with E-state index in [1.165, 1.54) is 0 Å². The van der Waals surface area contributed by atoms with Crippen LogP contribution in [0.25, 0.3) is 0 Å². The second-order valence-electron chi connectivity index (χ2n) is 4.08. The summed E-state index contributed by atoms with van der Waals surface area (Å²) >= 11 is 0. The fraction of sp³-hybridized carbons (Fsp3) is 0.417. The van der Waals surface area contributed by atoms with Crippen LogP contribution < -0.4 is 11.1 Å². The Labute approximate surface area is 108 Å². The number of rotatable bonds is 4. The van der Waals surface area contributed by atoms with Crippen LogP contribution >= 0.6 is 12.4 Å². The first-order valence-electron chi connectivity index (χ1n) is 5.34. The summed E-state index contributed by atoms with van der Waals surface area (Å²) in [6.45, 7) is 3.76. The number of carbonyl (C=O) groups excluding carboxylic acids is 1. The van der Waals surface area contributed by atoms with Gasteiger partial charge in [0.1, 0.15) is 5.75 Å². The van der Waals surface area contributed by atoms with E-state index in [9.17, 15) is 9.90 Å². The van der Waals surface area contributed by atoms with E-state index in [4.69, 9.17) is 5.73 Å². The highest BCUT2D eigenvalue weighted by Crippen LogP contribution is 2.23. The number of nitrogens with two attached hydrogens (primary N) is 1. The molecule has 0 heterocycles. The minimum atomic E-state index is -0.127. The summed E-state index contributed by atoms with van der Waals surface area (Å²) in [5.74, 6) is -0.0436. The van der Waals surface area contributed by atoms with Gasteiger partial charge >= 0.3 is 0 Å². The Kier molecular flexibility index (Phi) is 6.61. The fourth-order valence-electron chi connectivity index (χ4n) is 1.32. The molecule has 1 rings (SSSR count). The molecule has 0 spiro atoms. The number of aryl methyl sites for hydroxylation is 1. The molecule has 0 bridgehead atoms. The normalized spacial score (nSPS) is 11.5. The number of amides is 1. The maximum absolute atomic E-state index is 11.5. The van der Waals surface area contributed by atoms with Crippen LogP contribution in [0.5, 0.6) is 5.75 Å². The number of halogens is 1. The maximum atomic E-state index is 11.5. The highest BCUT2D eigenvalue weighted by Gasteiger charge is 2.07. The van der Waals surface area contributed by atoms with Gasteiger partial charge in [0.25, 0.3) is 0 Å². The molecule has 4 N–H and O–H groups in total. The summed E-state index contributed by atoms with van der Waals surface area (Å²) in [6.07, 6.45) is 1.00. The van der Waals surface area contributed by atoms with E-state index in [0.29, 0.717) is 18.5 Å². The number of benzene rings is 1. The van der Waals surface area contributed by atoms with E-state index in [1.54, 1.807) is 18.2 Å². The third-order valence-electron chi connectivity index (χ3n) is 2.25. The second-order valence-corrected chi connectivity index (χ2v) is 4.08. The Morgan fingerprint density at radius 3 is 2.76 bits per heavy atom. The van der Waals surface area contributed by atoms with Crippen LogP contribution in [0.4, 0.5) is 5.69 Å². The van der Waals surface area contributed by atoms with Crippen molar-refractivity contribution in [3.8, 4) is 5.75 Å². The van der Waals surface area contributed by atoms with Crippen LogP contribution in [-0.2, 0) is 4.79 Å². The van der Waals surface area contributed by atoms with Gasteiger partial charge in [-0.1, -0.05) is 6.07 Å². The van der Waals surface area contributed by atoms with Crippen LogP contribution in [0, 0.1) is 6.92 Å². The number of nitrogens with one attached hydrogen (secondary N) is 1. The molecule has 96 valence electrons. The van der Waals surface area contributed by atoms with Gasteiger partial charge in [0.15, 0.2) is 0 Å². The van der Waals surface area contributed by atoms with Crippen LogP contribution in [0.1, 0.15) is 25.3 Å². The Bertz CT molecular complexity index is 381. The van der Waals surface area contributed by atoms with E-state index < -0.39 is 0 Å². The average molecular weight is 259 g/mol. The SMILES string of the molecule is Cc1ccc(O)c(NC(=O)CCC(C)N)c1.Cl. The molecule has 1 aromatic carbocycles. The average Bonchev–Trinajstić information content (AvgIpc) is 2.20. The molecule has 5 heteroatoms. The van der Waals surface area contributed by atoms with Crippen molar-refractivity contribution in [2.24, 2.45) is 5.73 Å². The largest absolute Gasteiger partial charge is 0.506 e. The lowest BCUT2D eigenvalue weighted by Gasteiger charge is -2.09. The first kappa shape index (κ1) is 15.7. The van der Waals surface area contributed by atoms with Crippen LogP contribution in [0.3, 0.4) is 0 Å². The summed E-state index contributed by atoms with van der Waals surface area (Å²) < 4.78 is 0. The van der Waals surface area contributed by atoms with Crippen LogP contribution in [0.2, 0.25) is 0 Å². The number of carbonyl (C=O) groups is 1. The first-order valence-corrected chi connectivity index (χ1v) is 5.34. The quantitative estimate of drug-likeness (QED) is 0.725. The monoisotopic (exact) mass is 258 g/mol. The van der Waals surface area contributed by atoms with Gasteiger partial charge in [0.05, 0.1) is 5.69 Å². The van der Waals surface area contributed by atoms with Gasteiger partial charge in [0.2, 0.25) is 5.91 Å². The Morgan fingerprint density at radius 1 is 1.53 bits per heavy atom. The number of hydrogen-bond acceptors (Lipinski definition) is 3. The van der Waals surface area contributed by atoms with Crippen molar-refractivity contribution in [1.82, 2.24) is 0 Å². The highest BCUT2D eigenvalue weighted by molar-refractivity contribution is 5.92. The standard InChI is InChI=1S/C12H18N2O2.ClH/c1-8-3-5-11(15)10(7-8)14-12(16)6-4-9(2)13;/h3,5,7,9,15H,4,6,13H2,1-2H3,(H,14,16);1H. The molecule has 0 aliphatic rings. The zero-order valence-electron chi connectivity index (χ0n) is 10.1. The number of phenolic OH excluding ortho intramolecular Hbond substituents is 1. The summed E-state index contributed by atoms with van der Waals surface area (Å²) in [4.78, 5) is 11.5. The molecule has 0 aliphatic heterocycles. The smallest absolute Gasteiger partial charge is 0.224 e. The predicted molar refractivity (Wildman–Crippen MR) is 71.6 cm³/mol. The molecule has 0 aromatic heterocycles. The second kappa shape index (κ2) is 7.14. The van der Waals surface area contributed by atoms with E-state index >= 15 is 0 Å². The number of hydrogen-bond donors (Lipinski definition) is 3. The van der Waals surface area contributed by atoms with Gasteiger partial charge in [-0.25, -0.2) is 0 Å². The highest BCUT2D eigenvalue weighted by atomic mass is 35.5. The number of anilines is 1. The van der Waals surface area contributed by atoms with E-state index in [2.05, 4.69) is 5.32 Å². The van der Waals surface area contributed by atoms with Crippen molar-refractivity contribution >= 4 is 24.0 Å². The first-order chi connectivity index (χ1) is 7.49. The van der Waals surface area contributed by atoms with Gasteiger partial charge < -0.3 is 16.2 Å². The molecule has 4 nitrogen and oxygen atoms in total. The Balaban J connectivity index is 0.00000256. The molecule has 0 radical (unpaired) electrons. The molecular weight excluding hydrogens is 240 g/mol. The van der Waals surface area contributed by atoms with Gasteiger partial charge in [0, 0.05) is 12.5 Å². The van der Waals surface area contributed by atoms with E-state index in [0.717, 1.165) is 5.56 Å². The summed E-state index contributed by atoms with van der Waals surface area (Å²) in [5, 5.41) is 12.2. The molecule has 0 aliphatic carbocycles. The van der Waals surface area contributed by atoms with Crippen molar-refractivity contribution in [3.63, 3.8) is 0 Å². The minimum absolute atomic E-state index is 0. The lowest BCUT2D eigenvalue weighted by molar-refractivity contribution is -0.116. The predicted octanol–water partition coefficient (Wildman–Crippen LogP) is 2.19. The zero-order valence-corrected chi connectivity index (χ0v) is 10.9. The third kappa shape index (κ3) is 5.56. The van der Waals surface area contributed by atoms with Gasteiger partial charge in [-0.3, -0.25) is 4.79 Å². The molecule has 1 aromatic rings. The molecule has 1 amide bonds. The lowest BCUT2D eigenvalue weighted by Crippen LogP contribution is -2.19. The van der Waals surface area contributed by atoms with Crippen molar-refractivity contribution in [2.45, 2.75) is 32.7 Å². The lowest BCUT2D eigenvalue weighted by atomic mass is 10.1. The summed E-state index contributed by atoms with van der Waals surface area (Å²) in [7, 11) is 0. The Morgan fingerprint density at radius 2 is 2.18 bits per heavy atom. The van der Waals surface area contributed by atoms with Crippen molar-refractivity contribution in [2.75, 3.05) is 5.32 Å². The van der Waals surface area contributed by atoms with Crippen LogP contribution in [-0.4, -0.2) is 17.1 Å². The molecule has 1 unspecified atom stereocenters. The van der Waals surface area contributed by atoms with Crippen molar-refractivity contribution in [3.05, 3.63) is 23.8 Å². The summed E-state index contributed by atoms with van der Waals surface area (Å²) in [6, 6.07) is 5.10. The van der Waals surface area contributed by atoms with Gasteiger partial charge in [-0.2, -0.15) is 0 Å². The number of aromatic hydroxyl groups is 1. The molecule has 0 saturated heterocycles. The van der Waals surface area contributed by atoms with E-state index in [1.807, 2.05) is 13.8 Å². The van der Waals surface area contributed by atoms with Gasteiger partial charge in [-0.15, -0.1) is 12.4 Å². The maximum Gasteiger partial charge on any atom is 0.224 e. The Hall–Kier alpha value is -1.26. The zero-order chi connectivity index (χ0) is 12.1.